The van der Waals surface area contributed by atoms with Gasteiger partial charge in [-0.1, -0.05) is 0 Å². The first-order chi connectivity index (χ1) is 7.72. The smallest absolute Gasteiger partial charge is 0.0459 e. The lowest BCUT2D eigenvalue weighted by molar-refractivity contribution is 1.35. The number of thioether (sulfide) groups is 1. The zero-order chi connectivity index (χ0) is 11.5. The molecule has 0 atom stereocenters. The third kappa shape index (κ3) is 2.38. The Morgan fingerprint density at radius 3 is 2.75 bits per heavy atom. The highest BCUT2D eigenvalue weighted by molar-refractivity contribution is 7.98. The van der Waals surface area contributed by atoms with Gasteiger partial charge in [0.25, 0.3) is 0 Å². The summed E-state index contributed by atoms with van der Waals surface area (Å²) in [6.45, 7) is 4.31. The molecule has 0 fully saturated rings. The molecule has 16 heavy (non-hydrogen) atoms. The SMILES string of the molecule is Cc1cc2[nH]cc(CSCCCl)c2cc1C. The summed E-state index contributed by atoms with van der Waals surface area (Å²) < 4.78 is 0. The van der Waals surface area contributed by atoms with Gasteiger partial charge in [0.15, 0.2) is 0 Å². The van der Waals surface area contributed by atoms with Gasteiger partial charge in [-0.25, -0.2) is 0 Å². The number of halogens is 1. The first-order valence-electron chi connectivity index (χ1n) is 5.43. The molecule has 0 saturated heterocycles. The number of hydrogen-bond donors (Lipinski definition) is 1. The van der Waals surface area contributed by atoms with E-state index in [9.17, 15) is 0 Å². The van der Waals surface area contributed by atoms with Gasteiger partial charge in [-0.3, -0.25) is 0 Å². The van der Waals surface area contributed by atoms with Crippen molar-refractivity contribution < 1.29 is 0 Å². The van der Waals surface area contributed by atoms with E-state index in [1.807, 2.05) is 11.8 Å². The van der Waals surface area contributed by atoms with Gasteiger partial charge < -0.3 is 4.98 Å². The first kappa shape index (κ1) is 11.9. The van der Waals surface area contributed by atoms with Gasteiger partial charge in [-0.2, -0.15) is 11.8 Å². The monoisotopic (exact) mass is 253 g/mol. The Hall–Kier alpha value is -0.600. The Kier molecular flexibility index (Phi) is 3.82. The van der Waals surface area contributed by atoms with Gasteiger partial charge in [-0.05, 0) is 42.7 Å². The molecular formula is C13H16ClNS. The van der Waals surface area contributed by atoms with E-state index in [4.69, 9.17) is 11.6 Å². The maximum absolute atomic E-state index is 5.68. The van der Waals surface area contributed by atoms with Crippen LogP contribution in [-0.2, 0) is 5.75 Å². The Labute approximate surface area is 106 Å². The van der Waals surface area contributed by atoms with Crippen LogP contribution in [0.4, 0.5) is 0 Å². The molecule has 1 nitrogen and oxygen atoms in total. The predicted molar refractivity (Wildman–Crippen MR) is 74.7 cm³/mol. The predicted octanol–water partition coefficient (Wildman–Crippen LogP) is 4.26. The minimum Gasteiger partial charge on any atom is -0.361 e. The van der Waals surface area contributed by atoms with Crippen LogP contribution in [0.1, 0.15) is 16.7 Å². The number of benzene rings is 1. The van der Waals surface area contributed by atoms with Crippen molar-refractivity contribution in [3.63, 3.8) is 0 Å². The molecule has 86 valence electrons. The van der Waals surface area contributed by atoms with E-state index in [-0.39, 0.29) is 0 Å². The lowest BCUT2D eigenvalue weighted by atomic mass is 10.1. The van der Waals surface area contributed by atoms with Crippen molar-refractivity contribution in [3.8, 4) is 0 Å². The molecule has 1 N–H and O–H groups in total. The van der Waals surface area contributed by atoms with E-state index in [1.54, 1.807) is 0 Å². The summed E-state index contributed by atoms with van der Waals surface area (Å²) in [6, 6.07) is 4.50. The van der Waals surface area contributed by atoms with Crippen molar-refractivity contribution in [3.05, 3.63) is 35.0 Å². The second-order valence-electron chi connectivity index (χ2n) is 4.04. The topological polar surface area (TPSA) is 15.8 Å². The zero-order valence-corrected chi connectivity index (χ0v) is 11.2. The number of hydrogen-bond acceptors (Lipinski definition) is 1. The second kappa shape index (κ2) is 5.15. The van der Waals surface area contributed by atoms with Gasteiger partial charge >= 0.3 is 0 Å². The summed E-state index contributed by atoms with van der Waals surface area (Å²) in [7, 11) is 0. The van der Waals surface area contributed by atoms with E-state index >= 15 is 0 Å². The van der Waals surface area contributed by atoms with Crippen molar-refractivity contribution >= 4 is 34.3 Å². The summed E-state index contributed by atoms with van der Waals surface area (Å²) in [4.78, 5) is 3.34. The van der Waals surface area contributed by atoms with Crippen molar-refractivity contribution in [2.45, 2.75) is 19.6 Å². The summed E-state index contributed by atoms with van der Waals surface area (Å²) >= 11 is 7.56. The second-order valence-corrected chi connectivity index (χ2v) is 5.52. The van der Waals surface area contributed by atoms with Gasteiger partial charge in [-0.15, -0.1) is 11.6 Å². The standard InChI is InChI=1S/C13H16ClNS/c1-9-5-12-11(8-16-4-3-14)7-15-13(12)6-10(9)2/h5-7,15H,3-4,8H2,1-2H3. The van der Waals surface area contributed by atoms with Crippen LogP contribution in [0.25, 0.3) is 10.9 Å². The van der Waals surface area contributed by atoms with E-state index in [2.05, 4.69) is 37.2 Å². The molecule has 1 aromatic carbocycles. The third-order valence-electron chi connectivity index (χ3n) is 2.86. The van der Waals surface area contributed by atoms with Crippen LogP contribution in [0.3, 0.4) is 0 Å². The molecule has 0 unspecified atom stereocenters. The molecule has 1 heterocycles. The number of aryl methyl sites for hydroxylation is 2. The van der Waals surface area contributed by atoms with Crippen LogP contribution in [0.15, 0.2) is 18.3 Å². The van der Waals surface area contributed by atoms with Gasteiger partial charge in [0.2, 0.25) is 0 Å². The molecule has 2 aromatic rings. The number of fused-ring (bicyclic) bond motifs is 1. The Balaban J connectivity index is 2.29. The minimum absolute atomic E-state index is 0.727. The van der Waals surface area contributed by atoms with Crippen LogP contribution in [0.5, 0.6) is 0 Å². The first-order valence-corrected chi connectivity index (χ1v) is 7.12. The van der Waals surface area contributed by atoms with Gasteiger partial charge in [0.05, 0.1) is 0 Å². The number of H-pyrrole nitrogens is 1. The van der Waals surface area contributed by atoms with Gasteiger partial charge in [0.1, 0.15) is 0 Å². The normalized spacial score (nSPS) is 11.2. The van der Waals surface area contributed by atoms with Gasteiger partial charge in [0, 0.05) is 34.5 Å². The number of nitrogens with one attached hydrogen (secondary N) is 1. The molecular weight excluding hydrogens is 238 g/mol. The average molecular weight is 254 g/mol. The van der Waals surface area contributed by atoms with Crippen LogP contribution >= 0.6 is 23.4 Å². The number of aromatic nitrogens is 1. The van der Waals surface area contributed by atoms with E-state index in [0.717, 1.165) is 17.4 Å². The van der Waals surface area contributed by atoms with Crippen LogP contribution in [-0.4, -0.2) is 16.6 Å². The molecule has 0 saturated carbocycles. The largest absolute Gasteiger partial charge is 0.361 e. The fourth-order valence-corrected chi connectivity index (χ4v) is 2.84. The lowest BCUT2D eigenvalue weighted by Crippen LogP contribution is -1.84. The summed E-state index contributed by atoms with van der Waals surface area (Å²) in [5.74, 6) is 2.78. The van der Waals surface area contributed by atoms with Crippen molar-refractivity contribution in [1.82, 2.24) is 4.98 Å². The van der Waals surface area contributed by atoms with E-state index in [0.29, 0.717) is 0 Å². The molecule has 0 bridgehead atoms. The Bertz CT molecular complexity index is 490. The molecule has 1 aromatic heterocycles. The highest BCUT2D eigenvalue weighted by atomic mass is 35.5. The lowest BCUT2D eigenvalue weighted by Gasteiger charge is -2.02. The molecule has 2 rings (SSSR count). The van der Waals surface area contributed by atoms with Crippen LogP contribution in [0.2, 0.25) is 0 Å². The molecule has 0 aliphatic carbocycles. The zero-order valence-electron chi connectivity index (χ0n) is 9.64. The Morgan fingerprint density at radius 2 is 2.00 bits per heavy atom. The van der Waals surface area contributed by atoms with E-state index < -0.39 is 0 Å². The maximum Gasteiger partial charge on any atom is 0.0459 e. The summed E-state index contributed by atoms with van der Waals surface area (Å²) in [5.41, 5.74) is 5.32. The third-order valence-corrected chi connectivity index (χ3v) is 4.28. The molecule has 0 amide bonds. The summed E-state index contributed by atoms with van der Waals surface area (Å²) in [5, 5.41) is 1.35. The van der Waals surface area contributed by atoms with E-state index in [1.165, 1.54) is 27.6 Å². The average Bonchev–Trinajstić information content (AvgIpc) is 2.63. The summed E-state index contributed by atoms with van der Waals surface area (Å²) in [6.07, 6.45) is 2.12. The number of rotatable bonds is 4. The molecule has 0 spiro atoms. The highest BCUT2D eigenvalue weighted by Gasteiger charge is 2.05. The minimum atomic E-state index is 0.727. The molecule has 0 radical (unpaired) electrons. The maximum atomic E-state index is 5.68. The van der Waals surface area contributed by atoms with Crippen LogP contribution < -0.4 is 0 Å². The fourth-order valence-electron chi connectivity index (χ4n) is 1.80. The van der Waals surface area contributed by atoms with Crippen molar-refractivity contribution in [2.75, 3.05) is 11.6 Å². The van der Waals surface area contributed by atoms with Crippen molar-refractivity contribution in [1.29, 1.82) is 0 Å². The number of aromatic amines is 1. The number of alkyl halides is 1. The quantitative estimate of drug-likeness (QED) is 0.636. The molecule has 3 heteroatoms. The highest BCUT2D eigenvalue weighted by Crippen LogP contribution is 2.25. The van der Waals surface area contributed by atoms with Crippen LogP contribution in [0, 0.1) is 13.8 Å². The Morgan fingerprint density at radius 1 is 1.25 bits per heavy atom. The van der Waals surface area contributed by atoms with Crippen molar-refractivity contribution in [2.24, 2.45) is 0 Å². The fraction of sp³-hybridized carbons (Fsp3) is 0.385. The molecule has 0 aliphatic rings. The molecule has 0 aliphatic heterocycles.